The standard InChI is InChI=1S/C16H21BrO3/c1-11-5-7-16(19,8-6-11)15(18)10-12-3-4-14(20-2)13(17)9-12/h3-4,9,11,19H,5-8,10H2,1-2H3. The van der Waals surface area contributed by atoms with E-state index in [1.54, 1.807) is 7.11 Å². The fourth-order valence-electron chi connectivity index (χ4n) is 2.69. The number of halogens is 1. The first-order valence-electron chi connectivity index (χ1n) is 7.03. The molecular formula is C16H21BrO3. The Hall–Kier alpha value is -0.870. The van der Waals surface area contributed by atoms with E-state index in [0.29, 0.717) is 18.8 Å². The lowest BCUT2D eigenvalue weighted by Crippen LogP contribution is -2.42. The molecule has 1 aliphatic carbocycles. The molecule has 0 aliphatic heterocycles. The Labute approximate surface area is 128 Å². The van der Waals surface area contributed by atoms with E-state index in [-0.39, 0.29) is 12.2 Å². The molecule has 1 N–H and O–H groups in total. The van der Waals surface area contributed by atoms with E-state index in [4.69, 9.17) is 4.74 Å². The Kier molecular flexibility index (Phi) is 4.86. The molecule has 20 heavy (non-hydrogen) atoms. The second kappa shape index (κ2) is 6.27. The largest absolute Gasteiger partial charge is 0.496 e. The lowest BCUT2D eigenvalue weighted by molar-refractivity contribution is -0.140. The lowest BCUT2D eigenvalue weighted by Gasteiger charge is -2.33. The molecule has 0 spiro atoms. The summed E-state index contributed by atoms with van der Waals surface area (Å²) >= 11 is 3.42. The summed E-state index contributed by atoms with van der Waals surface area (Å²) in [5.74, 6) is 1.28. The van der Waals surface area contributed by atoms with Gasteiger partial charge in [-0.1, -0.05) is 13.0 Å². The minimum Gasteiger partial charge on any atom is -0.496 e. The normalized spacial score (nSPS) is 26.3. The molecule has 1 fully saturated rings. The predicted molar refractivity (Wildman–Crippen MR) is 82.0 cm³/mol. The van der Waals surface area contributed by atoms with Crippen LogP contribution in [-0.4, -0.2) is 23.6 Å². The van der Waals surface area contributed by atoms with Crippen LogP contribution in [0, 0.1) is 5.92 Å². The van der Waals surface area contributed by atoms with Crippen molar-refractivity contribution in [2.75, 3.05) is 7.11 Å². The van der Waals surface area contributed by atoms with Gasteiger partial charge in [-0.05, 0) is 65.2 Å². The summed E-state index contributed by atoms with van der Waals surface area (Å²) in [5.41, 5.74) is -0.228. The molecule has 1 aliphatic rings. The van der Waals surface area contributed by atoms with E-state index < -0.39 is 5.60 Å². The van der Waals surface area contributed by atoms with Gasteiger partial charge in [-0.15, -0.1) is 0 Å². The van der Waals surface area contributed by atoms with Gasteiger partial charge in [0.25, 0.3) is 0 Å². The van der Waals surface area contributed by atoms with Crippen molar-refractivity contribution < 1.29 is 14.6 Å². The van der Waals surface area contributed by atoms with Gasteiger partial charge in [-0.3, -0.25) is 4.79 Å². The summed E-state index contributed by atoms with van der Waals surface area (Å²) in [6, 6.07) is 5.58. The van der Waals surface area contributed by atoms with Crippen molar-refractivity contribution in [2.24, 2.45) is 5.92 Å². The summed E-state index contributed by atoms with van der Waals surface area (Å²) < 4.78 is 6.00. The molecule has 0 atom stereocenters. The number of carbonyl (C=O) groups excluding carboxylic acids is 1. The summed E-state index contributed by atoms with van der Waals surface area (Å²) in [4.78, 5) is 12.4. The third-order valence-electron chi connectivity index (χ3n) is 4.20. The Bertz CT molecular complexity index is 490. The fourth-order valence-corrected chi connectivity index (χ4v) is 3.28. The highest BCUT2D eigenvalue weighted by atomic mass is 79.9. The summed E-state index contributed by atoms with van der Waals surface area (Å²) in [6.07, 6.45) is 3.30. The molecule has 1 aromatic carbocycles. The van der Waals surface area contributed by atoms with Crippen molar-refractivity contribution in [3.05, 3.63) is 28.2 Å². The van der Waals surface area contributed by atoms with Crippen LogP contribution in [-0.2, 0) is 11.2 Å². The second-order valence-corrected chi connectivity index (χ2v) is 6.64. The maximum Gasteiger partial charge on any atom is 0.168 e. The SMILES string of the molecule is COc1ccc(CC(=O)C2(O)CCC(C)CC2)cc1Br. The fraction of sp³-hybridized carbons (Fsp3) is 0.562. The van der Waals surface area contributed by atoms with E-state index in [9.17, 15) is 9.90 Å². The van der Waals surface area contributed by atoms with Crippen LogP contribution in [0.2, 0.25) is 0 Å². The Morgan fingerprint density at radius 2 is 2.10 bits per heavy atom. The van der Waals surface area contributed by atoms with E-state index in [2.05, 4.69) is 22.9 Å². The number of methoxy groups -OCH3 is 1. The number of rotatable bonds is 4. The van der Waals surface area contributed by atoms with Crippen LogP contribution in [0.15, 0.2) is 22.7 Å². The predicted octanol–water partition coefficient (Wildman–Crippen LogP) is 3.51. The van der Waals surface area contributed by atoms with Gasteiger partial charge in [0.1, 0.15) is 11.4 Å². The molecule has 1 saturated carbocycles. The van der Waals surface area contributed by atoms with Gasteiger partial charge < -0.3 is 9.84 Å². The molecule has 1 aromatic rings. The van der Waals surface area contributed by atoms with Crippen LogP contribution in [0.25, 0.3) is 0 Å². The van der Waals surface area contributed by atoms with E-state index in [0.717, 1.165) is 28.6 Å². The van der Waals surface area contributed by atoms with Crippen LogP contribution >= 0.6 is 15.9 Å². The molecule has 0 bridgehead atoms. The zero-order chi connectivity index (χ0) is 14.8. The molecule has 0 heterocycles. The number of Topliss-reactive ketones (excluding diaryl/α,β-unsaturated/α-hetero) is 1. The zero-order valence-electron chi connectivity index (χ0n) is 12.0. The smallest absolute Gasteiger partial charge is 0.168 e. The molecule has 0 unspecified atom stereocenters. The molecule has 3 nitrogen and oxygen atoms in total. The molecule has 110 valence electrons. The molecule has 0 amide bonds. The first kappa shape index (κ1) is 15.5. The maximum absolute atomic E-state index is 12.4. The summed E-state index contributed by atoms with van der Waals surface area (Å²) in [5, 5.41) is 10.5. The average Bonchev–Trinajstić information content (AvgIpc) is 2.42. The highest BCUT2D eigenvalue weighted by molar-refractivity contribution is 9.10. The van der Waals surface area contributed by atoms with Gasteiger partial charge in [0, 0.05) is 6.42 Å². The third-order valence-corrected chi connectivity index (χ3v) is 4.82. The molecule has 0 aromatic heterocycles. The van der Waals surface area contributed by atoms with Gasteiger partial charge in [-0.25, -0.2) is 0 Å². The van der Waals surface area contributed by atoms with Crippen molar-refractivity contribution in [3.8, 4) is 5.75 Å². The molecular weight excluding hydrogens is 320 g/mol. The van der Waals surface area contributed by atoms with Crippen LogP contribution < -0.4 is 4.74 Å². The van der Waals surface area contributed by atoms with E-state index in [1.165, 1.54) is 0 Å². The summed E-state index contributed by atoms with van der Waals surface area (Å²) in [6.45, 7) is 2.17. The first-order valence-corrected chi connectivity index (χ1v) is 7.82. The quantitative estimate of drug-likeness (QED) is 0.912. The van der Waals surface area contributed by atoms with Crippen molar-refractivity contribution in [1.29, 1.82) is 0 Å². The van der Waals surface area contributed by atoms with E-state index >= 15 is 0 Å². The Morgan fingerprint density at radius 3 is 2.65 bits per heavy atom. The van der Waals surface area contributed by atoms with Crippen molar-refractivity contribution in [2.45, 2.75) is 44.6 Å². The zero-order valence-corrected chi connectivity index (χ0v) is 13.6. The number of carbonyl (C=O) groups is 1. The Balaban J connectivity index is 2.06. The number of benzene rings is 1. The van der Waals surface area contributed by atoms with Crippen molar-refractivity contribution >= 4 is 21.7 Å². The topological polar surface area (TPSA) is 46.5 Å². The van der Waals surface area contributed by atoms with Crippen molar-refractivity contribution in [1.82, 2.24) is 0 Å². The molecule has 0 radical (unpaired) electrons. The minimum absolute atomic E-state index is 0.0681. The number of hydrogen-bond donors (Lipinski definition) is 1. The average molecular weight is 341 g/mol. The number of hydrogen-bond acceptors (Lipinski definition) is 3. The first-order chi connectivity index (χ1) is 9.44. The maximum atomic E-state index is 12.4. The lowest BCUT2D eigenvalue weighted by atomic mass is 9.76. The molecule has 4 heteroatoms. The molecule has 2 rings (SSSR count). The minimum atomic E-state index is -1.13. The van der Waals surface area contributed by atoms with Crippen molar-refractivity contribution in [3.63, 3.8) is 0 Å². The highest BCUT2D eigenvalue weighted by Crippen LogP contribution is 2.34. The summed E-state index contributed by atoms with van der Waals surface area (Å²) in [7, 11) is 1.61. The van der Waals surface area contributed by atoms with Gasteiger partial charge in [0.05, 0.1) is 11.6 Å². The number of ether oxygens (including phenoxy) is 1. The monoisotopic (exact) mass is 340 g/mol. The van der Waals surface area contributed by atoms with Crippen LogP contribution in [0.1, 0.15) is 38.2 Å². The number of aliphatic hydroxyl groups is 1. The number of ketones is 1. The van der Waals surface area contributed by atoms with E-state index in [1.807, 2.05) is 18.2 Å². The molecule has 0 saturated heterocycles. The van der Waals surface area contributed by atoms with Gasteiger partial charge >= 0.3 is 0 Å². The highest BCUT2D eigenvalue weighted by Gasteiger charge is 2.38. The van der Waals surface area contributed by atoms with Crippen LogP contribution in [0.4, 0.5) is 0 Å². The van der Waals surface area contributed by atoms with Crippen LogP contribution in [0.5, 0.6) is 5.75 Å². The third kappa shape index (κ3) is 3.41. The van der Waals surface area contributed by atoms with Gasteiger partial charge in [0.15, 0.2) is 5.78 Å². The Morgan fingerprint density at radius 1 is 1.45 bits per heavy atom. The second-order valence-electron chi connectivity index (χ2n) is 5.78. The van der Waals surface area contributed by atoms with Gasteiger partial charge in [0.2, 0.25) is 0 Å². The van der Waals surface area contributed by atoms with Crippen LogP contribution in [0.3, 0.4) is 0 Å². The van der Waals surface area contributed by atoms with Gasteiger partial charge in [-0.2, -0.15) is 0 Å².